The van der Waals surface area contributed by atoms with Gasteiger partial charge in [0, 0.05) is 32.1 Å². The summed E-state index contributed by atoms with van der Waals surface area (Å²) in [7, 11) is 3.78. The van der Waals surface area contributed by atoms with Gasteiger partial charge in [0.2, 0.25) is 0 Å². The third-order valence-corrected chi connectivity index (χ3v) is 1.51. The molecule has 0 unspecified atom stereocenters. The smallest absolute Gasteiger partial charge is 0.0560 e. The molecule has 0 amide bonds. The molecule has 1 heterocycles. The van der Waals surface area contributed by atoms with E-state index in [1.54, 1.807) is 11.2 Å². The summed E-state index contributed by atoms with van der Waals surface area (Å²) in [6, 6.07) is 1.97. The predicted octanol–water partition coefficient (Wildman–Crippen LogP) is 1.29. The van der Waals surface area contributed by atoms with Gasteiger partial charge in [0.25, 0.3) is 0 Å². The maximum absolute atomic E-state index is 4.12. The third kappa shape index (κ3) is 2.34. The highest BCUT2D eigenvalue weighted by Gasteiger charge is 1.91. The van der Waals surface area contributed by atoms with Crippen molar-refractivity contribution in [1.82, 2.24) is 9.99 Å². The van der Waals surface area contributed by atoms with Crippen LogP contribution < -0.4 is 0 Å². The Morgan fingerprint density at radius 2 is 2.25 bits per heavy atom. The minimum atomic E-state index is 1.06. The van der Waals surface area contributed by atoms with Gasteiger partial charge in [0.15, 0.2) is 0 Å². The van der Waals surface area contributed by atoms with Crippen molar-refractivity contribution < 1.29 is 0 Å². The largest absolute Gasteiger partial charge is 0.303 e. The lowest BCUT2D eigenvalue weighted by Gasteiger charge is -2.03. The first-order valence-corrected chi connectivity index (χ1v) is 3.82. The van der Waals surface area contributed by atoms with Crippen LogP contribution in [0.15, 0.2) is 23.6 Å². The quantitative estimate of drug-likeness (QED) is 0.485. The fraction of sp³-hybridized carbons (Fsp3) is 0.333. The van der Waals surface area contributed by atoms with E-state index >= 15 is 0 Å². The third-order valence-electron chi connectivity index (χ3n) is 1.51. The van der Waals surface area contributed by atoms with Crippen LogP contribution in [0.1, 0.15) is 11.1 Å². The molecule has 0 aromatic carbocycles. The van der Waals surface area contributed by atoms with E-state index in [0.29, 0.717) is 0 Å². The molecule has 0 saturated carbocycles. The number of nitrogens with zero attached hydrogens (tertiary/aromatic N) is 3. The summed E-state index contributed by atoms with van der Waals surface area (Å²) in [6.45, 7) is 2.04. The molecular weight excluding hydrogens is 150 g/mol. The second kappa shape index (κ2) is 3.85. The van der Waals surface area contributed by atoms with Gasteiger partial charge in [0.1, 0.15) is 0 Å². The number of hydrogen-bond donors (Lipinski definition) is 0. The topological polar surface area (TPSA) is 28.5 Å². The van der Waals surface area contributed by atoms with Gasteiger partial charge in [-0.05, 0) is 18.6 Å². The lowest BCUT2D eigenvalue weighted by Crippen LogP contribution is -2.02. The van der Waals surface area contributed by atoms with Crippen LogP contribution in [0, 0.1) is 6.92 Å². The second-order valence-electron chi connectivity index (χ2n) is 2.82. The van der Waals surface area contributed by atoms with Crippen LogP contribution in [-0.4, -0.2) is 30.3 Å². The van der Waals surface area contributed by atoms with Gasteiger partial charge < -0.3 is 5.01 Å². The number of aryl methyl sites for hydroxylation is 1. The first-order valence-electron chi connectivity index (χ1n) is 3.82. The molecule has 3 nitrogen and oxygen atoms in total. The van der Waals surface area contributed by atoms with Crippen molar-refractivity contribution in [1.29, 1.82) is 0 Å². The average Bonchev–Trinajstić information content (AvgIpc) is 2.03. The Balaban J connectivity index is 2.82. The Morgan fingerprint density at radius 1 is 1.50 bits per heavy atom. The molecule has 0 atom stereocenters. The van der Waals surface area contributed by atoms with Crippen molar-refractivity contribution in [2.24, 2.45) is 5.10 Å². The van der Waals surface area contributed by atoms with Gasteiger partial charge in [-0.25, -0.2) is 0 Å². The van der Waals surface area contributed by atoms with E-state index in [9.17, 15) is 0 Å². The van der Waals surface area contributed by atoms with Crippen molar-refractivity contribution in [3.63, 3.8) is 0 Å². The first-order chi connectivity index (χ1) is 5.70. The van der Waals surface area contributed by atoms with Crippen LogP contribution >= 0.6 is 0 Å². The fourth-order valence-electron chi connectivity index (χ4n) is 0.789. The summed E-state index contributed by atoms with van der Waals surface area (Å²) in [5, 5.41) is 5.88. The molecule has 3 heteroatoms. The maximum Gasteiger partial charge on any atom is 0.0560 e. The van der Waals surface area contributed by atoms with E-state index in [2.05, 4.69) is 10.1 Å². The molecule has 0 fully saturated rings. The van der Waals surface area contributed by atoms with E-state index < -0.39 is 0 Å². The Morgan fingerprint density at radius 3 is 2.83 bits per heavy atom. The average molecular weight is 163 g/mol. The van der Waals surface area contributed by atoms with E-state index in [4.69, 9.17) is 0 Å². The summed E-state index contributed by atoms with van der Waals surface area (Å²) in [5.41, 5.74) is 2.25. The Hall–Kier alpha value is -1.38. The molecule has 0 N–H and O–H groups in total. The van der Waals surface area contributed by atoms with Crippen LogP contribution in [0.3, 0.4) is 0 Å². The Kier molecular flexibility index (Phi) is 2.80. The van der Waals surface area contributed by atoms with Crippen molar-refractivity contribution >= 4 is 6.21 Å². The van der Waals surface area contributed by atoms with E-state index in [0.717, 1.165) is 5.56 Å². The zero-order chi connectivity index (χ0) is 8.97. The molecule has 12 heavy (non-hydrogen) atoms. The highest BCUT2D eigenvalue weighted by molar-refractivity contribution is 5.80. The van der Waals surface area contributed by atoms with E-state index in [1.165, 1.54) is 5.56 Å². The first kappa shape index (κ1) is 8.71. The zero-order valence-corrected chi connectivity index (χ0v) is 7.65. The summed E-state index contributed by atoms with van der Waals surface area (Å²) in [6.07, 6.45) is 5.40. The maximum atomic E-state index is 4.12. The fourth-order valence-corrected chi connectivity index (χ4v) is 0.789. The van der Waals surface area contributed by atoms with Gasteiger partial charge in [-0.2, -0.15) is 5.10 Å². The van der Waals surface area contributed by atoms with Gasteiger partial charge >= 0.3 is 0 Å². The molecule has 0 radical (unpaired) electrons. The van der Waals surface area contributed by atoms with Crippen LogP contribution in [0.4, 0.5) is 0 Å². The molecule has 0 bridgehead atoms. The minimum Gasteiger partial charge on any atom is -0.303 e. The SMILES string of the molecule is Cc1ccncc1C=NN(C)C. The summed E-state index contributed by atoms with van der Waals surface area (Å²) < 4.78 is 0. The van der Waals surface area contributed by atoms with Crippen LogP contribution in [0.25, 0.3) is 0 Å². The molecule has 64 valence electrons. The van der Waals surface area contributed by atoms with Crippen molar-refractivity contribution in [3.8, 4) is 0 Å². The molecular formula is C9H13N3. The summed E-state index contributed by atoms with van der Waals surface area (Å²) in [5.74, 6) is 0. The highest BCUT2D eigenvalue weighted by atomic mass is 15.4. The molecule has 0 aliphatic heterocycles. The standard InChI is InChI=1S/C9H13N3/c1-8-4-5-10-6-9(8)7-11-12(2)3/h4-7H,1-3H3. The number of rotatable bonds is 2. The number of hydrogen-bond acceptors (Lipinski definition) is 3. The van der Waals surface area contributed by atoms with Crippen molar-refractivity contribution in [2.45, 2.75) is 6.92 Å². The number of hydrazone groups is 1. The van der Waals surface area contributed by atoms with Crippen LogP contribution in [0.2, 0.25) is 0 Å². The lowest BCUT2D eigenvalue weighted by molar-refractivity contribution is 0.440. The van der Waals surface area contributed by atoms with Gasteiger partial charge in [0.05, 0.1) is 6.21 Å². The van der Waals surface area contributed by atoms with Crippen molar-refractivity contribution in [2.75, 3.05) is 14.1 Å². The molecule has 1 aromatic heterocycles. The molecule has 0 saturated heterocycles. The van der Waals surface area contributed by atoms with E-state index in [1.807, 2.05) is 39.5 Å². The molecule has 1 rings (SSSR count). The summed E-state index contributed by atoms with van der Waals surface area (Å²) in [4.78, 5) is 4.01. The van der Waals surface area contributed by atoms with Gasteiger partial charge in [-0.15, -0.1) is 0 Å². The van der Waals surface area contributed by atoms with Gasteiger partial charge in [-0.3, -0.25) is 4.98 Å². The molecule has 0 aliphatic carbocycles. The monoisotopic (exact) mass is 163 g/mol. The predicted molar refractivity (Wildman–Crippen MR) is 50.3 cm³/mol. The Bertz CT molecular complexity index is 279. The molecule has 0 spiro atoms. The van der Waals surface area contributed by atoms with Crippen molar-refractivity contribution in [3.05, 3.63) is 29.6 Å². The lowest BCUT2D eigenvalue weighted by atomic mass is 10.2. The van der Waals surface area contributed by atoms with Crippen LogP contribution in [0.5, 0.6) is 0 Å². The second-order valence-corrected chi connectivity index (χ2v) is 2.82. The van der Waals surface area contributed by atoms with Gasteiger partial charge in [-0.1, -0.05) is 0 Å². The zero-order valence-electron chi connectivity index (χ0n) is 7.65. The minimum absolute atomic E-state index is 1.06. The normalized spacial score (nSPS) is 10.6. The molecule has 1 aromatic rings. The van der Waals surface area contributed by atoms with Crippen LogP contribution in [-0.2, 0) is 0 Å². The Labute approximate surface area is 72.7 Å². The molecule has 0 aliphatic rings. The highest BCUT2D eigenvalue weighted by Crippen LogP contribution is 2.00. The summed E-state index contributed by atoms with van der Waals surface area (Å²) >= 11 is 0. The number of aromatic nitrogens is 1. The van der Waals surface area contributed by atoms with E-state index in [-0.39, 0.29) is 0 Å². The number of pyridine rings is 1.